The van der Waals surface area contributed by atoms with Crippen LogP contribution in [0.25, 0.3) is 0 Å². The lowest BCUT2D eigenvalue weighted by Crippen LogP contribution is -2.06. The predicted octanol–water partition coefficient (Wildman–Crippen LogP) is 1.92. The van der Waals surface area contributed by atoms with Crippen LogP contribution in [0.2, 0.25) is 5.15 Å². The zero-order chi connectivity index (χ0) is 9.90. The lowest BCUT2D eigenvalue weighted by atomic mass is 10.5. The summed E-state index contributed by atoms with van der Waals surface area (Å²) in [5.74, 6) is 0.110. The molecule has 0 spiro atoms. The van der Waals surface area contributed by atoms with Crippen LogP contribution in [0.5, 0.6) is 0 Å². The Morgan fingerprint density at radius 3 is 2.77 bits per heavy atom. The highest BCUT2D eigenvalue weighted by Gasteiger charge is 2.16. The Hall–Kier alpha value is -0.610. The number of halogens is 1. The van der Waals surface area contributed by atoms with E-state index in [2.05, 4.69) is 4.98 Å². The van der Waals surface area contributed by atoms with Crippen molar-refractivity contribution in [3.05, 3.63) is 23.5 Å². The minimum atomic E-state index is -3.24. The van der Waals surface area contributed by atoms with Crippen molar-refractivity contribution in [3.63, 3.8) is 0 Å². The second kappa shape index (κ2) is 4.07. The molecule has 0 fully saturated rings. The molecule has 0 aliphatic carbocycles. The Morgan fingerprint density at radius 2 is 2.23 bits per heavy atom. The normalized spacial score (nSPS) is 11.5. The molecule has 13 heavy (non-hydrogen) atoms. The lowest BCUT2D eigenvalue weighted by Gasteiger charge is -2.02. The van der Waals surface area contributed by atoms with E-state index in [4.69, 9.17) is 11.6 Å². The fourth-order valence-corrected chi connectivity index (χ4v) is 2.81. The molecule has 0 N–H and O–H groups in total. The minimum absolute atomic E-state index is 0.0518. The van der Waals surface area contributed by atoms with Crippen molar-refractivity contribution in [1.82, 2.24) is 4.98 Å². The van der Waals surface area contributed by atoms with Crippen molar-refractivity contribution >= 4 is 21.4 Å². The third-order valence-electron chi connectivity index (χ3n) is 1.53. The van der Waals surface area contributed by atoms with Gasteiger partial charge in [-0.15, -0.1) is 0 Å². The Balaban J connectivity index is 3.15. The van der Waals surface area contributed by atoms with E-state index in [1.807, 2.05) is 6.92 Å². The van der Waals surface area contributed by atoms with Gasteiger partial charge >= 0.3 is 0 Å². The number of hydrogen-bond acceptors (Lipinski definition) is 3. The van der Waals surface area contributed by atoms with Gasteiger partial charge in [-0.1, -0.05) is 18.5 Å². The molecule has 0 aromatic carbocycles. The van der Waals surface area contributed by atoms with Crippen LogP contribution in [0.3, 0.4) is 0 Å². The number of hydrogen-bond donors (Lipinski definition) is 0. The summed E-state index contributed by atoms with van der Waals surface area (Å²) in [5.41, 5.74) is 0. The van der Waals surface area contributed by atoms with Crippen molar-refractivity contribution in [2.24, 2.45) is 0 Å². The highest BCUT2D eigenvalue weighted by atomic mass is 35.5. The van der Waals surface area contributed by atoms with E-state index in [1.165, 1.54) is 12.3 Å². The number of aromatic nitrogens is 1. The van der Waals surface area contributed by atoms with Gasteiger partial charge in [0.25, 0.3) is 0 Å². The molecular weight excluding hydrogens is 210 g/mol. The minimum Gasteiger partial charge on any atom is -0.243 e. The fraction of sp³-hybridized carbons (Fsp3) is 0.375. The van der Waals surface area contributed by atoms with Gasteiger partial charge in [0.2, 0.25) is 0 Å². The molecule has 72 valence electrons. The molecule has 0 atom stereocenters. The summed E-state index contributed by atoms with van der Waals surface area (Å²) in [7, 11) is -3.24. The molecule has 0 saturated heterocycles. The molecule has 0 bridgehead atoms. The molecule has 0 unspecified atom stereocenters. The summed E-state index contributed by atoms with van der Waals surface area (Å²) in [5, 5.41) is 0.0518. The molecule has 1 rings (SSSR count). The van der Waals surface area contributed by atoms with Gasteiger partial charge in [0.15, 0.2) is 9.84 Å². The quantitative estimate of drug-likeness (QED) is 0.730. The van der Waals surface area contributed by atoms with Crippen LogP contribution in [0, 0.1) is 0 Å². The summed E-state index contributed by atoms with van der Waals surface area (Å²) in [4.78, 5) is 3.84. The second-order valence-electron chi connectivity index (χ2n) is 2.61. The Bertz CT molecular complexity index is 389. The van der Waals surface area contributed by atoms with Gasteiger partial charge < -0.3 is 0 Å². The van der Waals surface area contributed by atoms with E-state index in [1.54, 1.807) is 6.07 Å². The van der Waals surface area contributed by atoms with E-state index < -0.39 is 9.84 Å². The van der Waals surface area contributed by atoms with E-state index in [9.17, 15) is 8.42 Å². The van der Waals surface area contributed by atoms with E-state index >= 15 is 0 Å². The van der Waals surface area contributed by atoms with Gasteiger partial charge in [0, 0.05) is 6.20 Å². The Morgan fingerprint density at radius 1 is 1.54 bits per heavy atom. The van der Waals surface area contributed by atoms with Gasteiger partial charge in [0.05, 0.1) is 5.75 Å². The van der Waals surface area contributed by atoms with E-state index in [-0.39, 0.29) is 15.8 Å². The van der Waals surface area contributed by atoms with Crippen LogP contribution in [-0.4, -0.2) is 19.2 Å². The number of rotatable bonds is 3. The van der Waals surface area contributed by atoms with Crippen LogP contribution >= 0.6 is 11.6 Å². The SMILES string of the molecule is CCCS(=O)(=O)c1cccnc1Cl. The lowest BCUT2D eigenvalue weighted by molar-refractivity contribution is 0.594. The smallest absolute Gasteiger partial charge is 0.181 e. The van der Waals surface area contributed by atoms with Gasteiger partial charge in [-0.2, -0.15) is 0 Å². The number of pyridine rings is 1. The maximum absolute atomic E-state index is 11.5. The molecule has 3 nitrogen and oxygen atoms in total. The van der Waals surface area contributed by atoms with Crippen molar-refractivity contribution in [1.29, 1.82) is 0 Å². The zero-order valence-corrected chi connectivity index (χ0v) is 8.77. The monoisotopic (exact) mass is 219 g/mol. The molecule has 1 aromatic heterocycles. The molecule has 0 amide bonds. The third-order valence-corrected chi connectivity index (χ3v) is 3.89. The first-order valence-electron chi connectivity index (χ1n) is 3.91. The van der Waals surface area contributed by atoms with Crippen LogP contribution in [0.4, 0.5) is 0 Å². The van der Waals surface area contributed by atoms with E-state index in [0.29, 0.717) is 6.42 Å². The maximum atomic E-state index is 11.5. The molecule has 0 aliphatic heterocycles. The molecule has 0 radical (unpaired) electrons. The summed E-state index contributed by atoms with van der Waals surface area (Å²) < 4.78 is 23.1. The zero-order valence-electron chi connectivity index (χ0n) is 7.20. The van der Waals surface area contributed by atoms with Crippen LogP contribution in [-0.2, 0) is 9.84 Å². The molecule has 1 heterocycles. The topological polar surface area (TPSA) is 47.0 Å². The second-order valence-corrected chi connectivity index (χ2v) is 5.05. The summed E-state index contributed by atoms with van der Waals surface area (Å²) >= 11 is 5.65. The molecule has 1 aromatic rings. The molecule has 5 heteroatoms. The highest BCUT2D eigenvalue weighted by molar-refractivity contribution is 7.91. The van der Waals surface area contributed by atoms with Crippen LogP contribution in [0.1, 0.15) is 13.3 Å². The first-order chi connectivity index (χ1) is 6.08. The number of nitrogens with zero attached hydrogens (tertiary/aromatic N) is 1. The summed E-state index contributed by atoms with van der Waals surface area (Å²) in [6.45, 7) is 1.81. The van der Waals surface area contributed by atoms with E-state index in [0.717, 1.165) is 0 Å². The fourth-order valence-electron chi connectivity index (χ4n) is 0.982. The Labute approximate surface area is 82.7 Å². The van der Waals surface area contributed by atoms with Gasteiger partial charge in [-0.25, -0.2) is 13.4 Å². The molecule has 0 aliphatic rings. The van der Waals surface area contributed by atoms with Gasteiger partial charge in [-0.05, 0) is 18.6 Å². The van der Waals surface area contributed by atoms with Gasteiger partial charge in [0.1, 0.15) is 10.0 Å². The predicted molar refractivity (Wildman–Crippen MR) is 51.6 cm³/mol. The summed E-state index contributed by atoms with van der Waals surface area (Å²) in [6, 6.07) is 3.04. The average Bonchev–Trinajstić information content (AvgIpc) is 2.04. The average molecular weight is 220 g/mol. The highest BCUT2D eigenvalue weighted by Crippen LogP contribution is 2.19. The first-order valence-corrected chi connectivity index (χ1v) is 5.94. The van der Waals surface area contributed by atoms with Crippen molar-refractivity contribution in [2.75, 3.05) is 5.75 Å². The standard InChI is InChI=1S/C8H10ClNO2S/c1-2-6-13(11,12)7-4-3-5-10-8(7)9/h3-5H,2,6H2,1H3. The molecular formula is C8H10ClNO2S. The molecule has 0 saturated carbocycles. The first kappa shape index (κ1) is 10.5. The van der Waals surface area contributed by atoms with Crippen LogP contribution < -0.4 is 0 Å². The Kier molecular flexibility index (Phi) is 3.27. The maximum Gasteiger partial charge on any atom is 0.181 e. The third kappa shape index (κ3) is 2.42. The number of sulfone groups is 1. The van der Waals surface area contributed by atoms with Crippen LogP contribution in [0.15, 0.2) is 23.2 Å². The van der Waals surface area contributed by atoms with Crippen molar-refractivity contribution in [3.8, 4) is 0 Å². The van der Waals surface area contributed by atoms with Crippen molar-refractivity contribution in [2.45, 2.75) is 18.2 Å². The largest absolute Gasteiger partial charge is 0.243 e. The summed E-state index contributed by atoms with van der Waals surface area (Å²) in [6.07, 6.45) is 2.04. The van der Waals surface area contributed by atoms with Crippen molar-refractivity contribution < 1.29 is 8.42 Å². The van der Waals surface area contributed by atoms with Gasteiger partial charge in [-0.3, -0.25) is 0 Å².